The topological polar surface area (TPSA) is 41.1 Å². The maximum absolute atomic E-state index is 11.1. The number of likely N-dealkylation sites (N-methyl/N-ethyl adjacent to an activating group) is 1. The Bertz CT molecular complexity index is 146. The molecule has 0 aliphatic carbocycles. The Kier molecular flexibility index (Phi) is 4.21. The predicted molar refractivity (Wildman–Crippen MR) is 49.9 cm³/mol. The highest BCUT2D eigenvalue weighted by Gasteiger charge is 2.30. The summed E-state index contributed by atoms with van der Waals surface area (Å²) in [7, 11) is 1.56. The standard InChI is InChI=1S/C6H13ClN2OS/c1-6(2,11)4(9-7)5(10)8-3/h4,9,11H,1-3H3,(H,8,10). The highest BCUT2D eigenvalue weighted by Crippen LogP contribution is 2.17. The quantitative estimate of drug-likeness (QED) is 0.456. The van der Waals surface area contributed by atoms with Crippen molar-refractivity contribution in [2.45, 2.75) is 24.6 Å². The van der Waals surface area contributed by atoms with Crippen LogP contribution in [-0.4, -0.2) is 23.7 Å². The van der Waals surface area contributed by atoms with Crippen molar-refractivity contribution < 1.29 is 4.79 Å². The first kappa shape index (κ1) is 11.1. The Morgan fingerprint density at radius 3 is 2.18 bits per heavy atom. The largest absolute Gasteiger partial charge is 0.358 e. The molecule has 0 heterocycles. The smallest absolute Gasteiger partial charge is 0.239 e. The molecule has 1 amide bonds. The fraction of sp³-hybridized carbons (Fsp3) is 0.833. The highest BCUT2D eigenvalue weighted by molar-refractivity contribution is 7.81. The van der Waals surface area contributed by atoms with Crippen LogP contribution in [-0.2, 0) is 4.79 Å². The summed E-state index contributed by atoms with van der Waals surface area (Å²) in [5.74, 6) is -0.167. The van der Waals surface area contributed by atoms with Crippen LogP contribution in [0, 0.1) is 0 Å². The van der Waals surface area contributed by atoms with Crippen LogP contribution in [0.25, 0.3) is 0 Å². The molecule has 0 saturated carbocycles. The molecule has 0 aliphatic rings. The summed E-state index contributed by atoms with van der Waals surface area (Å²) in [6, 6.07) is -0.488. The van der Waals surface area contributed by atoms with Gasteiger partial charge in [-0.1, -0.05) is 0 Å². The molecule has 66 valence electrons. The average molecular weight is 197 g/mol. The van der Waals surface area contributed by atoms with Crippen molar-refractivity contribution in [2.24, 2.45) is 0 Å². The van der Waals surface area contributed by atoms with E-state index in [9.17, 15) is 4.79 Å². The van der Waals surface area contributed by atoms with Crippen molar-refractivity contribution in [2.75, 3.05) is 7.05 Å². The lowest BCUT2D eigenvalue weighted by Crippen LogP contribution is -2.50. The van der Waals surface area contributed by atoms with Crippen LogP contribution >= 0.6 is 24.4 Å². The zero-order chi connectivity index (χ0) is 9.07. The molecule has 0 spiro atoms. The summed E-state index contributed by atoms with van der Waals surface area (Å²) < 4.78 is -0.470. The normalized spacial score (nSPS) is 14.3. The van der Waals surface area contributed by atoms with Gasteiger partial charge in [-0.2, -0.15) is 12.6 Å². The zero-order valence-electron chi connectivity index (χ0n) is 6.81. The molecule has 0 radical (unpaired) electrons. The van der Waals surface area contributed by atoms with Gasteiger partial charge in [0.25, 0.3) is 0 Å². The van der Waals surface area contributed by atoms with Gasteiger partial charge in [-0.25, -0.2) is 4.84 Å². The SMILES string of the molecule is CNC(=O)C(NCl)C(C)(C)S. The van der Waals surface area contributed by atoms with E-state index in [1.807, 2.05) is 13.8 Å². The molecular weight excluding hydrogens is 184 g/mol. The van der Waals surface area contributed by atoms with Gasteiger partial charge in [0.1, 0.15) is 6.04 Å². The molecule has 0 saturated heterocycles. The van der Waals surface area contributed by atoms with Crippen molar-refractivity contribution in [3.63, 3.8) is 0 Å². The molecule has 2 N–H and O–H groups in total. The first-order valence-corrected chi connectivity index (χ1v) is 4.06. The number of carbonyl (C=O) groups is 1. The minimum atomic E-state index is -0.488. The number of thiol groups is 1. The Morgan fingerprint density at radius 2 is 2.09 bits per heavy atom. The maximum Gasteiger partial charge on any atom is 0.239 e. The number of carbonyl (C=O) groups excluding carboxylic acids is 1. The number of rotatable bonds is 3. The third-order valence-corrected chi connectivity index (χ3v) is 1.80. The second kappa shape index (κ2) is 4.18. The monoisotopic (exact) mass is 196 g/mol. The minimum Gasteiger partial charge on any atom is -0.358 e. The molecular formula is C6H13ClN2OS. The lowest BCUT2D eigenvalue weighted by atomic mass is 10.0. The fourth-order valence-electron chi connectivity index (χ4n) is 0.648. The van der Waals surface area contributed by atoms with E-state index in [-0.39, 0.29) is 5.91 Å². The number of nitrogens with one attached hydrogen (secondary N) is 2. The average Bonchev–Trinajstić information content (AvgIpc) is 1.86. The number of halogens is 1. The predicted octanol–water partition coefficient (Wildman–Crippen LogP) is 0.553. The molecule has 0 aromatic heterocycles. The summed E-state index contributed by atoms with van der Waals surface area (Å²) in [6.45, 7) is 3.62. The molecule has 0 rings (SSSR count). The molecule has 1 unspecified atom stereocenters. The third-order valence-electron chi connectivity index (χ3n) is 1.32. The first-order valence-electron chi connectivity index (χ1n) is 3.23. The highest BCUT2D eigenvalue weighted by atomic mass is 35.5. The Labute approximate surface area is 77.4 Å². The molecule has 0 fully saturated rings. The van der Waals surface area contributed by atoms with Crippen molar-refractivity contribution in [1.82, 2.24) is 10.2 Å². The van der Waals surface area contributed by atoms with Gasteiger partial charge in [-0.05, 0) is 25.6 Å². The van der Waals surface area contributed by atoms with E-state index in [2.05, 4.69) is 22.8 Å². The van der Waals surface area contributed by atoms with Crippen molar-refractivity contribution in [1.29, 1.82) is 0 Å². The lowest BCUT2D eigenvalue weighted by molar-refractivity contribution is -0.122. The summed E-state index contributed by atoms with van der Waals surface area (Å²) in [5.41, 5.74) is 0. The molecule has 1 atom stereocenters. The Balaban J connectivity index is 4.29. The van der Waals surface area contributed by atoms with Crippen molar-refractivity contribution in [3.05, 3.63) is 0 Å². The van der Waals surface area contributed by atoms with Gasteiger partial charge in [0.15, 0.2) is 0 Å². The zero-order valence-corrected chi connectivity index (χ0v) is 8.46. The van der Waals surface area contributed by atoms with Gasteiger partial charge in [0.05, 0.1) is 0 Å². The fourth-order valence-corrected chi connectivity index (χ4v) is 1.28. The van der Waals surface area contributed by atoms with Gasteiger partial charge in [0, 0.05) is 11.8 Å². The maximum atomic E-state index is 11.1. The van der Waals surface area contributed by atoms with Crippen LogP contribution in [0.2, 0.25) is 0 Å². The number of amides is 1. The number of hydrogen-bond donors (Lipinski definition) is 3. The van der Waals surface area contributed by atoms with Gasteiger partial charge >= 0.3 is 0 Å². The second-order valence-corrected chi connectivity index (χ2v) is 4.18. The van der Waals surface area contributed by atoms with E-state index in [4.69, 9.17) is 11.8 Å². The van der Waals surface area contributed by atoms with Crippen LogP contribution < -0.4 is 10.2 Å². The minimum absolute atomic E-state index is 0.167. The second-order valence-electron chi connectivity index (χ2n) is 2.81. The molecule has 0 aromatic rings. The van der Waals surface area contributed by atoms with E-state index in [1.54, 1.807) is 7.05 Å². The van der Waals surface area contributed by atoms with E-state index < -0.39 is 10.8 Å². The lowest BCUT2D eigenvalue weighted by Gasteiger charge is -2.26. The molecule has 0 aliphatic heterocycles. The van der Waals surface area contributed by atoms with Crippen LogP contribution in [0.4, 0.5) is 0 Å². The molecule has 3 nitrogen and oxygen atoms in total. The van der Waals surface area contributed by atoms with Gasteiger partial charge < -0.3 is 5.32 Å². The molecule has 5 heteroatoms. The van der Waals surface area contributed by atoms with Crippen LogP contribution in [0.3, 0.4) is 0 Å². The van der Waals surface area contributed by atoms with Gasteiger partial charge in [-0.15, -0.1) is 0 Å². The summed E-state index contributed by atoms with van der Waals surface area (Å²) in [5, 5.41) is 2.49. The summed E-state index contributed by atoms with van der Waals surface area (Å²) in [6.07, 6.45) is 0. The van der Waals surface area contributed by atoms with E-state index >= 15 is 0 Å². The van der Waals surface area contributed by atoms with Crippen molar-refractivity contribution >= 4 is 30.3 Å². The third kappa shape index (κ3) is 3.31. The van der Waals surface area contributed by atoms with Crippen molar-refractivity contribution in [3.8, 4) is 0 Å². The molecule has 0 aromatic carbocycles. The van der Waals surface area contributed by atoms with Crippen LogP contribution in [0.5, 0.6) is 0 Å². The van der Waals surface area contributed by atoms with E-state index in [0.717, 1.165) is 0 Å². The van der Waals surface area contributed by atoms with E-state index in [0.29, 0.717) is 0 Å². The van der Waals surface area contributed by atoms with Gasteiger partial charge in [-0.3, -0.25) is 4.79 Å². The summed E-state index contributed by atoms with van der Waals surface area (Å²) in [4.78, 5) is 13.5. The summed E-state index contributed by atoms with van der Waals surface area (Å²) >= 11 is 9.58. The Hall–Kier alpha value is 0.0700. The molecule has 0 bridgehead atoms. The van der Waals surface area contributed by atoms with E-state index in [1.165, 1.54) is 0 Å². The number of hydrogen-bond acceptors (Lipinski definition) is 3. The molecule has 11 heavy (non-hydrogen) atoms. The van der Waals surface area contributed by atoms with Crippen LogP contribution in [0.1, 0.15) is 13.8 Å². The van der Waals surface area contributed by atoms with Crippen LogP contribution in [0.15, 0.2) is 0 Å². The van der Waals surface area contributed by atoms with Gasteiger partial charge in [0.2, 0.25) is 5.91 Å². The first-order chi connectivity index (χ1) is 4.93. The Morgan fingerprint density at radius 1 is 1.64 bits per heavy atom.